The van der Waals surface area contributed by atoms with Gasteiger partial charge < -0.3 is 10.1 Å². The van der Waals surface area contributed by atoms with Gasteiger partial charge in [-0.2, -0.15) is 0 Å². The van der Waals surface area contributed by atoms with Crippen molar-refractivity contribution < 1.29 is 23.1 Å². The van der Waals surface area contributed by atoms with Crippen molar-refractivity contribution in [2.75, 3.05) is 11.9 Å². The first-order chi connectivity index (χ1) is 15.5. The van der Waals surface area contributed by atoms with Gasteiger partial charge in [-0.25, -0.2) is 8.78 Å². The van der Waals surface area contributed by atoms with Crippen LogP contribution >= 0.6 is 0 Å². The third-order valence-electron chi connectivity index (χ3n) is 4.90. The summed E-state index contributed by atoms with van der Waals surface area (Å²) in [5.74, 6) is -2.52. The van der Waals surface area contributed by atoms with E-state index >= 15 is 0 Å². The van der Waals surface area contributed by atoms with Crippen molar-refractivity contribution in [3.05, 3.63) is 95.4 Å². The Morgan fingerprint density at radius 3 is 2.31 bits per heavy atom. The summed E-state index contributed by atoms with van der Waals surface area (Å²) in [7, 11) is 0. The lowest BCUT2D eigenvalue weighted by Gasteiger charge is -2.15. The van der Waals surface area contributed by atoms with Gasteiger partial charge in [-0.1, -0.05) is 12.1 Å². The Hall–Kier alpha value is -4.07. The second-order valence-electron chi connectivity index (χ2n) is 7.01. The molecule has 0 saturated carbocycles. The lowest BCUT2D eigenvalue weighted by molar-refractivity contribution is -0.137. The van der Waals surface area contributed by atoms with Crippen LogP contribution in [-0.2, 0) is 16.1 Å². The number of rotatable bonds is 7. The van der Waals surface area contributed by atoms with Crippen molar-refractivity contribution in [3.8, 4) is 5.75 Å². The fourth-order valence-corrected chi connectivity index (χ4v) is 3.38. The minimum Gasteiger partial charge on any atom is -0.494 e. The van der Waals surface area contributed by atoms with E-state index in [9.17, 15) is 18.4 Å². The number of aromatic nitrogens is 1. The Kier molecular flexibility index (Phi) is 5.93. The Morgan fingerprint density at radius 2 is 1.66 bits per heavy atom. The number of amides is 2. The van der Waals surface area contributed by atoms with Gasteiger partial charge in [0.05, 0.1) is 18.7 Å². The van der Waals surface area contributed by atoms with E-state index in [-0.39, 0.29) is 23.5 Å². The van der Waals surface area contributed by atoms with Gasteiger partial charge in [-0.05, 0) is 54.4 Å². The van der Waals surface area contributed by atoms with E-state index in [0.717, 1.165) is 22.6 Å². The average Bonchev–Trinajstić information content (AvgIpc) is 3.02. The second kappa shape index (κ2) is 8.97. The Morgan fingerprint density at radius 1 is 0.938 bits per heavy atom. The molecule has 0 unspecified atom stereocenters. The normalized spacial score (nSPS) is 13.7. The van der Waals surface area contributed by atoms with Crippen LogP contribution < -0.4 is 10.1 Å². The van der Waals surface area contributed by atoms with E-state index in [4.69, 9.17) is 4.74 Å². The molecule has 1 aromatic heterocycles. The van der Waals surface area contributed by atoms with Gasteiger partial charge in [0.25, 0.3) is 11.8 Å². The molecule has 4 rings (SSSR count). The van der Waals surface area contributed by atoms with Crippen molar-refractivity contribution in [2.45, 2.75) is 13.5 Å². The molecule has 162 valence electrons. The van der Waals surface area contributed by atoms with Crippen molar-refractivity contribution in [3.63, 3.8) is 0 Å². The molecule has 0 aliphatic carbocycles. The summed E-state index contributed by atoms with van der Waals surface area (Å²) in [6.45, 7) is 2.39. The molecule has 2 aromatic carbocycles. The van der Waals surface area contributed by atoms with Gasteiger partial charge in [0.15, 0.2) is 11.6 Å². The molecular formula is C24H19F2N3O3. The third kappa shape index (κ3) is 4.20. The van der Waals surface area contributed by atoms with Crippen LogP contribution in [0.3, 0.4) is 0 Å². The summed E-state index contributed by atoms with van der Waals surface area (Å²) < 4.78 is 32.5. The highest BCUT2D eigenvalue weighted by molar-refractivity contribution is 6.36. The minimum absolute atomic E-state index is 0.0146. The van der Waals surface area contributed by atoms with E-state index < -0.39 is 23.4 Å². The zero-order valence-electron chi connectivity index (χ0n) is 17.1. The first-order valence-electron chi connectivity index (χ1n) is 9.92. The fourth-order valence-electron chi connectivity index (χ4n) is 3.38. The summed E-state index contributed by atoms with van der Waals surface area (Å²) in [5.41, 5.74) is 1.49. The lowest BCUT2D eigenvalue weighted by atomic mass is 10.0. The Balaban J connectivity index is 1.73. The van der Waals surface area contributed by atoms with Gasteiger partial charge in [0, 0.05) is 24.1 Å². The van der Waals surface area contributed by atoms with E-state index in [1.165, 1.54) is 6.07 Å². The maximum atomic E-state index is 13.7. The zero-order chi connectivity index (χ0) is 22.7. The Bertz CT molecular complexity index is 1190. The molecule has 1 aliphatic rings. The summed E-state index contributed by atoms with van der Waals surface area (Å²) in [6, 6.07) is 13.3. The van der Waals surface area contributed by atoms with Crippen LogP contribution in [-0.4, -0.2) is 28.3 Å². The van der Waals surface area contributed by atoms with Gasteiger partial charge in [-0.15, -0.1) is 0 Å². The average molecular weight is 435 g/mol. The molecule has 2 amide bonds. The quantitative estimate of drug-likeness (QED) is 0.565. The molecule has 8 heteroatoms. The number of nitrogens with zero attached hydrogens (tertiary/aromatic N) is 2. The van der Waals surface area contributed by atoms with Crippen LogP contribution in [0.4, 0.5) is 14.5 Å². The number of ether oxygens (including phenoxy) is 1. The topological polar surface area (TPSA) is 71.5 Å². The van der Waals surface area contributed by atoms with Gasteiger partial charge >= 0.3 is 0 Å². The second-order valence-corrected chi connectivity index (χ2v) is 7.01. The summed E-state index contributed by atoms with van der Waals surface area (Å²) in [5, 5.41) is 2.81. The number of benzene rings is 2. The predicted octanol–water partition coefficient (Wildman–Crippen LogP) is 4.15. The van der Waals surface area contributed by atoms with Crippen molar-refractivity contribution in [2.24, 2.45) is 0 Å². The number of hydrogen-bond donors (Lipinski definition) is 1. The highest BCUT2D eigenvalue weighted by atomic mass is 19.2. The number of anilines is 1. The monoisotopic (exact) mass is 435 g/mol. The van der Waals surface area contributed by atoms with Gasteiger partial charge in [0.1, 0.15) is 11.4 Å². The highest BCUT2D eigenvalue weighted by Crippen LogP contribution is 2.32. The van der Waals surface area contributed by atoms with E-state index in [2.05, 4.69) is 10.3 Å². The van der Waals surface area contributed by atoms with Crippen molar-refractivity contribution in [1.82, 2.24) is 9.88 Å². The summed E-state index contributed by atoms with van der Waals surface area (Å²) >= 11 is 0. The van der Waals surface area contributed by atoms with E-state index in [0.29, 0.717) is 17.9 Å². The number of hydrogen-bond acceptors (Lipinski definition) is 5. The number of pyridine rings is 1. The molecule has 0 spiro atoms. The molecule has 1 aliphatic heterocycles. The molecule has 0 saturated heterocycles. The summed E-state index contributed by atoms with van der Waals surface area (Å²) in [4.78, 5) is 31.5. The maximum Gasteiger partial charge on any atom is 0.278 e. The molecule has 0 radical (unpaired) electrons. The molecule has 0 bridgehead atoms. The van der Waals surface area contributed by atoms with Crippen LogP contribution in [0.15, 0.2) is 72.7 Å². The predicted molar refractivity (Wildman–Crippen MR) is 114 cm³/mol. The fraction of sp³-hybridized carbons (Fsp3) is 0.125. The van der Waals surface area contributed by atoms with Crippen molar-refractivity contribution in [1.29, 1.82) is 0 Å². The molecule has 3 aromatic rings. The molecule has 0 atom stereocenters. The minimum atomic E-state index is -1.07. The number of halogens is 2. The smallest absolute Gasteiger partial charge is 0.278 e. The number of nitrogens with one attached hydrogen (secondary N) is 1. The molecule has 6 nitrogen and oxygen atoms in total. The van der Waals surface area contributed by atoms with E-state index in [1.54, 1.807) is 48.8 Å². The molecule has 2 heterocycles. The molecule has 0 fully saturated rings. The third-order valence-corrected chi connectivity index (χ3v) is 4.90. The van der Waals surface area contributed by atoms with Crippen LogP contribution in [0.25, 0.3) is 5.57 Å². The number of imide groups is 1. The highest BCUT2D eigenvalue weighted by Gasteiger charge is 2.39. The Labute approximate surface area is 183 Å². The SMILES string of the molecule is CCOc1ccc(C2=C(Nc3ccc(F)c(F)c3)C(=O)N(Cc3ccncc3)C2=O)cc1. The first kappa shape index (κ1) is 21.2. The van der Waals surface area contributed by atoms with Gasteiger partial charge in [0.2, 0.25) is 0 Å². The largest absolute Gasteiger partial charge is 0.494 e. The molecule has 1 N–H and O–H groups in total. The van der Waals surface area contributed by atoms with Crippen LogP contribution in [0, 0.1) is 11.6 Å². The summed E-state index contributed by atoms with van der Waals surface area (Å²) in [6.07, 6.45) is 3.14. The van der Waals surface area contributed by atoms with E-state index in [1.807, 2.05) is 6.92 Å². The first-order valence-corrected chi connectivity index (χ1v) is 9.92. The maximum absolute atomic E-state index is 13.7. The van der Waals surface area contributed by atoms with Crippen molar-refractivity contribution >= 4 is 23.1 Å². The number of carbonyl (C=O) groups excluding carboxylic acids is 2. The standard InChI is InChI=1S/C24H19F2N3O3/c1-2-32-18-6-3-16(4-7-18)21-22(28-17-5-8-19(25)20(26)13-17)24(31)29(23(21)30)14-15-9-11-27-12-10-15/h3-13,28H,2,14H2,1H3. The molecule has 32 heavy (non-hydrogen) atoms. The lowest BCUT2D eigenvalue weighted by Crippen LogP contribution is -2.32. The molecular weight excluding hydrogens is 416 g/mol. The zero-order valence-corrected chi connectivity index (χ0v) is 17.1. The van der Waals surface area contributed by atoms with Crippen LogP contribution in [0.2, 0.25) is 0 Å². The van der Waals surface area contributed by atoms with Gasteiger partial charge in [-0.3, -0.25) is 19.5 Å². The van der Waals surface area contributed by atoms with Crippen LogP contribution in [0.5, 0.6) is 5.75 Å². The number of carbonyl (C=O) groups is 2. The van der Waals surface area contributed by atoms with Crippen LogP contribution in [0.1, 0.15) is 18.1 Å².